The van der Waals surface area contributed by atoms with E-state index >= 15 is 0 Å². The number of β-amino-alcohol motifs (C(OH)–C–C–N with tert-alkyl or cyclic N) is 1. The quantitative estimate of drug-likeness (QED) is 0.0236. The molecule has 1 aliphatic heterocycles. The molecular weight excluding hydrogens is 1200 g/mol. The smallest absolute Gasteiger partial charge is 0.407 e. The summed E-state index contributed by atoms with van der Waals surface area (Å²) in [6.45, 7) is 17.0. The summed E-state index contributed by atoms with van der Waals surface area (Å²) in [5.74, 6) is 0.996. The van der Waals surface area contributed by atoms with Gasteiger partial charge in [-0.2, -0.15) is 0 Å². The van der Waals surface area contributed by atoms with E-state index < -0.39 is 42.5 Å². The number of nitrogens with one attached hydrogen (secondary N) is 5. The molecule has 1 saturated carbocycles. The van der Waals surface area contributed by atoms with Gasteiger partial charge in [0, 0.05) is 71.0 Å². The number of thiazole rings is 2. The van der Waals surface area contributed by atoms with E-state index in [1.54, 1.807) is 67.0 Å². The maximum atomic E-state index is 13.9. The third kappa shape index (κ3) is 22.2. The van der Waals surface area contributed by atoms with Crippen LogP contribution in [0.15, 0.2) is 131 Å². The standard InChI is InChI=1S/C37H48N6O5S2.C32H45N3O4S/c1-24(2)33(42-36(46)43(5)20-29-22-49-35(40-29)25(3)4)34(45)39-28(16-26-12-8-6-9-13-26)18-32(44)31(17-27-14-10-7-11-15-27)41-37(47)48-21-30-19-38-23-50-30;1-21-25(15-10-16-28(21)36)30(38)33-26(20-40-24-13-6-5-7-14-24)29(37)19-35-18-23-12-9-8-11-22(23)17-27(35)31(39)34-32(2,3)4/h6-15,19,22-25,28,31-33,44H,16-18,20-21H2,1-5H3,(H,39,45)(H,41,47)(H,42,46);5-7,10,13-16,22-23,26-27,29,36-37H,8-9,11-12,17-20H2,1-4H3,(H,33,38)(H,34,39)/t28-,31-,32-,33-;22-,23+,26-,27-,29+/m00/s1. The van der Waals surface area contributed by atoms with Crippen LogP contribution in [0.3, 0.4) is 0 Å². The minimum absolute atomic E-state index is 0.0124. The fourth-order valence-electron chi connectivity index (χ4n) is 11.4. The van der Waals surface area contributed by atoms with Crippen molar-refractivity contribution in [2.24, 2.45) is 17.8 Å². The molecule has 0 spiro atoms. The minimum atomic E-state index is -1.05. The molecule has 6 amide bonds. The first-order valence-corrected chi connectivity index (χ1v) is 34.1. The number of nitrogens with zero attached hydrogens (tertiary/aromatic N) is 4. The third-order valence-corrected chi connectivity index (χ3v) is 19.4. The molecule has 8 N–H and O–H groups in total. The normalized spacial score (nSPS) is 17.9. The van der Waals surface area contributed by atoms with Crippen molar-refractivity contribution in [3.8, 4) is 5.75 Å². The second-order valence-electron chi connectivity index (χ2n) is 25.5. The van der Waals surface area contributed by atoms with Gasteiger partial charge in [-0.1, -0.05) is 132 Å². The number of carbonyl (C=O) groups excluding carboxylic acids is 5. The average Bonchev–Trinajstić information content (AvgIpc) is 1.52. The van der Waals surface area contributed by atoms with Crippen LogP contribution in [-0.4, -0.2) is 139 Å². The molecule has 21 heteroatoms. The Balaban J connectivity index is 0.000000262. The average molecular weight is 1290 g/mol. The van der Waals surface area contributed by atoms with E-state index in [-0.39, 0.29) is 60.0 Å². The number of aliphatic hydroxyl groups is 2. The monoisotopic (exact) mass is 1290 g/mol. The topological polar surface area (TPSA) is 248 Å². The zero-order valence-electron chi connectivity index (χ0n) is 53.5. The van der Waals surface area contributed by atoms with Crippen molar-refractivity contribution in [1.82, 2.24) is 46.4 Å². The summed E-state index contributed by atoms with van der Waals surface area (Å²) in [4.78, 5) is 81.0. The van der Waals surface area contributed by atoms with Crippen LogP contribution >= 0.6 is 34.4 Å². The van der Waals surface area contributed by atoms with Crippen LogP contribution in [0.5, 0.6) is 5.75 Å². The molecule has 6 aromatic rings. The molecule has 1 aliphatic carbocycles. The van der Waals surface area contributed by atoms with Crippen molar-refractivity contribution in [1.29, 1.82) is 0 Å². The molecule has 90 heavy (non-hydrogen) atoms. The number of aliphatic hydroxyl groups excluding tert-OH is 2. The highest BCUT2D eigenvalue weighted by Gasteiger charge is 2.42. The number of alkyl carbamates (subject to hydrolysis) is 1. The fourth-order valence-corrected chi connectivity index (χ4v) is 13.8. The number of thioether (sulfide) groups is 1. The summed E-state index contributed by atoms with van der Waals surface area (Å²) in [7, 11) is 1.68. The fraction of sp³-hybridized carbons (Fsp3) is 0.493. The van der Waals surface area contributed by atoms with Gasteiger partial charge in [0.1, 0.15) is 18.4 Å². The van der Waals surface area contributed by atoms with Crippen molar-refractivity contribution in [2.75, 3.05) is 25.9 Å². The van der Waals surface area contributed by atoms with Gasteiger partial charge < -0.3 is 51.5 Å². The molecular formula is C69H93N9O9S3. The van der Waals surface area contributed by atoms with Crippen molar-refractivity contribution in [3.63, 3.8) is 0 Å². The zero-order valence-corrected chi connectivity index (χ0v) is 55.9. The maximum absolute atomic E-state index is 13.9. The van der Waals surface area contributed by atoms with E-state index in [0.29, 0.717) is 60.6 Å². The van der Waals surface area contributed by atoms with Gasteiger partial charge in [-0.25, -0.2) is 14.6 Å². The molecule has 0 radical (unpaired) electrons. The lowest BCUT2D eigenvalue weighted by Gasteiger charge is -2.47. The Morgan fingerprint density at radius 3 is 2.07 bits per heavy atom. The number of aromatic hydroxyl groups is 1. The van der Waals surface area contributed by atoms with Gasteiger partial charge in [0.15, 0.2) is 0 Å². The lowest BCUT2D eigenvalue weighted by atomic mass is 9.72. The van der Waals surface area contributed by atoms with E-state index in [1.807, 2.05) is 131 Å². The second kappa shape index (κ2) is 34.5. The SMILES string of the molecule is CC(C)c1nc(CN(C)C(=O)N[C@H](C(=O)N[C@@H](Cc2ccccc2)C[C@H](O)[C@H](Cc2ccccc2)NC(=O)OCc2cncs2)C(C)C)cs1.Cc1c(O)cccc1C(=O)N[C@@H](CSc1ccccc1)[C@H](O)CN1C[C@H]2CCCC[C@H]2C[C@H]1C(=O)NC(C)(C)C. The molecule has 486 valence electrons. The van der Waals surface area contributed by atoms with Crippen LogP contribution in [0, 0.1) is 24.7 Å². The molecule has 1 saturated heterocycles. The largest absolute Gasteiger partial charge is 0.508 e. The molecule has 2 aromatic heterocycles. The van der Waals surface area contributed by atoms with Crippen molar-refractivity contribution >= 4 is 64.3 Å². The Morgan fingerprint density at radius 1 is 0.789 bits per heavy atom. The lowest BCUT2D eigenvalue weighted by molar-refractivity contribution is -0.132. The number of hydrogen-bond donors (Lipinski definition) is 8. The molecule has 3 heterocycles. The predicted octanol–water partition coefficient (Wildman–Crippen LogP) is 10.7. The first kappa shape index (κ1) is 70.6. The van der Waals surface area contributed by atoms with Gasteiger partial charge in [0.05, 0.1) is 58.0 Å². The number of benzene rings is 4. The number of phenols is 1. The van der Waals surface area contributed by atoms with E-state index in [9.17, 15) is 39.3 Å². The molecule has 0 bridgehead atoms. The Kier molecular flexibility index (Phi) is 27.1. The summed E-state index contributed by atoms with van der Waals surface area (Å²) in [5.41, 5.74) is 4.90. The second-order valence-corrected chi connectivity index (χ2v) is 28.5. The molecule has 18 nitrogen and oxygen atoms in total. The molecule has 0 unspecified atom stereocenters. The molecule has 2 fully saturated rings. The number of aromatic nitrogens is 2. The van der Waals surface area contributed by atoms with Crippen molar-refractivity contribution < 1.29 is 44.0 Å². The summed E-state index contributed by atoms with van der Waals surface area (Å²) >= 11 is 4.52. The highest BCUT2D eigenvalue weighted by atomic mass is 32.2. The Labute approximate surface area is 543 Å². The number of fused-ring (bicyclic) bond motifs is 1. The summed E-state index contributed by atoms with van der Waals surface area (Å²) < 4.78 is 5.42. The van der Waals surface area contributed by atoms with E-state index in [2.05, 4.69) is 55.3 Å². The molecule has 4 aromatic carbocycles. The minimum Gasteiger partial charge on any atom is -0.508 e. The van der Waals surface area contributed by atoms with E-state index in [0.717, 1.165) is 57.4 Å². The number of hydrogen-bond acceptors (Lipinski definition) is 15. The number of rotatable bonds is 26. The number of carbonyl (C=O) groups is 5. The first-order chi connectivity index (χ1) is 43.0. The Morgan fingerprint density at radius 2 is 1.44 bits per heavy atom. The van der Waals surface area contributed by atoms with E-state index in [4.69, 9.17) is 4.74 Å². The van der Waals surface area contributed by atoms with Crippen LogP contribution in [0.2, 0.25) is 0 Å². The Hall–Kier alpha value is -6.88. The summed E-state index contributed by atoms with van der Waals surface area (Å²) in [5, 5.41) is 51.5. The zero-order chi connectivity index (χ0) is 64.9. The predicted molar refractivity (Wildman–Crippen MR) is 357 cm³/mol. The number of urea groups is 1. The van der Waals surface area contributed by atoms with Crippen LogP contribution in [-0.2, 0) is 40.3 Å². The van der Waals surface area contributed by atoms with Gasteiger partial charge in [-0.05, 0) is 113 Å². The van der Waals surface area contributed by atoms with E-state index in [1.165, 1.54) is 29.1 Å². The summed E-state index contributed by atoms with van der Waals surface area (Å²) in [6.07, 6.45) is 5.51. The van der Waals surface area contributed by atoms with Gasteiger partial charge in [-0.3, -0.25) is 24.3 Å². The van der Waals surface area contributed by atoms with Gasteiger partial charge in [0.25, 0.3) is 5.91 Å². The third-order valence-electron chi connectivity index (χ3n) is 16.4. The highest BCUT2D eigenvalue weighted by Crippen LogP contribution is 2.39. The number of ether oxygens (including phenoxy) is 1. The van der Waals surface area contributed by atoms with Gasteiger partial charge >= 0.3 is 12.1 Å². The van der Waals surface area contributed by atoms with Crippen LogP contribution in [0.25, 0.3) is 0 Å². The number of amides is 6. The van der Waals surface area contributed by atoms with Gasteiger partial charge in [-0.15, -0.1) is 34.4 Å². The first-order valence-electron chi connectivity index (χ1n) is 31.3. The molecule has 9 atom stereocenters. The van der Waals surface area contributed by atoms with Crippen LogP contribution in [0.1, 0.15) is 136 Å². The lowest BCUT2D eigenvalue weighted by Crippen LogP contribution is -2.60. The number of piperidine rings is 1. The summed E-state index contributed by atoms with van der Waals surface area (Å²) in [6, 6.07) is 30.7. The van der Waals surface area contributed by atoms with Crippen LogP contribution < -0.4 is 26.6 Å². The number of phenolic OH excluding ortho intramolecular Hbond substituents is 1. The maximum Gasteiger partial charge on any atom is 0.407 e. The van der Waals surface area contributed by atoms with Crippen LogP contribution in [0.4, 0.5) is 9.59 Å². The van der Waals surface area contributed by atoms with Crippen molar-refractivity contribution in [2.45, 2.75) is 179 Å². The van der Waals surface area contributed by atoms with Crippen molar-refractivity contribution in [3.05, 3.63) is 164 Å². The van der Waals surface area contributed by atoms with Gasteiger partial charge in [0.2, 0.25) is 11.8 Å². The molecule has 2 aliphatic rings. The molecule has 8 rings (SSSR count). The highest BCUT2D eigenvalue weighted by molar-refractivity contribution is 7.99. The Bertz CT molecular complexity index is 3190. The number of likely N-dealkylation sites (tertiary alicyclic amines) is 1.